The van der Waals surface area contributed by atoms with Gasteiger partial charge in [0.15, 0.2) is 0 Å². The number of methoxy groups -OCH3 is 1. The van der Waals surface area contributed by atoms with Crippen LogP contribution in [0.3, 0.4) is 0 Å². The van der Waals surface area contributed by atoms with Gasteiger partial charge in [0.1, 0.15) is 16.8 Å². The highest BCUT2D eigenvalue weighted by molar-refractivity contribution is 8.00. The number of amides is 1. The summed E-state index contributed by atoms with van der Waals surface area (Å²) < 4.78 is 5.56. The summed E-state index contributed by atoms with van der Waals surface area (Å²) in [6, 6.07) is 26.7. The number of nitrogens with zero attached hydrogens (tertiary/aromatic N) is 2. The van der Waals surface area contributed by atoms with Gasteiger partial charge in [0.05, 0.1) is 24.1 Å². The Kier molecular flexibility index (Phi) is 7.71. The van der Waals surface area contributed by atoms with Crippen LogP contribution in [-0.2, 0) is 4.79 Å². The number of hydrogen-bond acceptors (Lipinski definition) is 5. The molecule has 0 atom stereocenters. The van der Waals surface area contributed by atoms with Gasteiger partial charge in [0.2, 0.25) is 5.91 Å². The predicted molar refractivity (Wildman–Crippen MR) is 142 cm³/mol. The van der Waals surface area contributed by atoms with Gasteiger partial charge in [-0.1, -0.05) is 71.4 Å². The molecule has 0 saturated carbocycles. The number of aromatic nitrogens is 1. The third-order valence-electron chi connectivity index (χ3n) is 5.31. The van der Waals surface area contributed by atoms with E-state index in [2.05, 4.69) is 11.4 Å². The van der Waals surface area contributed by atoms with Crippen LogP contribution in [0.2, 0.25) is 5.02 Å². The third kappa shape index (κ3) is 5.83. The van der Waals surface area contributed by atoms with Gasteiger partial charge in [-0.25, -0.2) is 4.98 Å². The fourth-order valence-electron chi connectivity index (χ4n) is 3.55. The van der Waals surface area contributed by atoms with Crippen molar-refractivity contribution in [1.29, 1.82) is 5.26 Å². The number of para-hydroxylation sites is 1. The van der Waals surface area contributed by atoms with Crippen LogP contribution in [0, 0.1) is 18.3 Å². The van der Waals surface area contributed by atoms with Crippen molar-refractivity contribution in [2.24, 2.45) is 0 Å². The van der Waals surface area contributed by atoms with E-state index in [1.807, 2.05) is 61.5 Å². The number of halogens is 1. The minimum absolute atomic E-state index is 0.0903. The lowest BCUT2D eigenvalue weighted by Gasteiger charge is -2.15. The van der Waals surface area contributed by atoms with E-state index in [9.17, 15) is 10.1 Å². The summed E-state index contributed by atoms with van der Waals surface area (Å²) in [5, 5.41) is 14.0. The van der Waals surface area contributed by atoms with Crippen LogP contribution in [0.25, 0.3) is 22.4 Å². The molecule has 0 aliphatic carbocycles. The normalized spacial score (nSPS) is 10.5. The Bertz CT molecular complexity index is 1400. The van der Waals surface area contributed by atoms with Crippen molar-refractivity contribution >= 4 is 35.0 Å². The summed E-state index contributed by atoms with van der Waals surface area (Å²) in [5.74, 6) is 0.539. The average molecular weight is 500 g/mol. The fraction of sp³-hybridized carbons (Fsp3) is 0.107. The van der Waals surface area contributed by atoms with E-state index in [1.54, 1.807) is 31.4 Å². The maximum atomic E-state index is 12.6. The quantitative estimate of drug-likeness (QED) is 0.277. The molecule has 35 heavy (non-hydrogen) atoms. The number of pyridine rings is 1. The molecule has 1 amide bonds. The van der Waals surface area contributed by atoms with Crippen LogP contribution in [0.1, 0.15) is 11.1 Å². The SMILES string of the molecule is COc1ccccc1-c1cc(-c2ccc(C)cc2)nc(SCC(=O)Nc2ccc(Cl)cc2)c1C#N. The van der Waals surface area contributed by atoms with Crippen molar-refractivity contribution in [1.82, 2.24) is 4.98 Å². The van der Waals surface area contributed by atoms with E-state index in [4.69, 9.17) is 21.3 Å². The Balaban J connectivity index is 1.72. The van der Waals surface area contributed by atoms with Crippen molar-refractivity contribution in [3.63, 3.8) is 0 Å². The second kappa shape index (κ2) is 11.1. The van der Waals surface area contributed by atoms with Gasteiger partial charge in [-0.15, -0.1) is 0 Å². The molecular formula is C28H22ClN3O2S. The molecule has 7 heteroatoms. The summed E-state index contributed by atoms with van der Waals surface area (Å²) in [6.07, 6.45) is 0. The second-order valence-electron chi connectivity index (χ2n) is 7.76. The molecule has 4 aromatic rings. The van der Waals surface area contributed by atoms with E-state index in [0.717, 1.165) is 16.7 Å². The van der Waals surface area contributed by atoms with Gasteiger partial charge in [0.25, 0.3) is 0 Å². The lowest BCUT2D eigenvalue weighted by atomic mass is 9.98. The Hall–Kier alpha value is -3.79. The van der Waals surface area contributed by atoms with Crippen molar-refractivity contribution in [3.05, 3.63) is 95.0 Å². The standard InChI is InChI=1S/C28H22ClN3O2S/c1-18-7-9-19(10-8-18)25-15-23(22-5-3-4-6-26(22)34-2)24(16-30)28(32-25)35-17-27(33)31-21-13-11-20(29)12-14-21/h3-15H,17H2,1-2H3,(H,31,33). The first kappa shape index (κ1) is 24.3. The lowest BCUT2D eigenvalue weighted by Crippen LogP contribution is -2.14. The average Bonchev–Trinajstić information content (AvgIpc) is 2.88. The van der Waals surface area contributed by atoms with Gasteiger partial charge < -0.3 is 10.1 Å². The first-order chi connectivity index (χ1) is 17.0. The second-order valence-corrected chi connectivity index (χ2v) is 9.16. The fourth-order valence-corrected chi connectivity index (χ4v) is 4.48. The number of ether oxygens (including phenoxy) is 1. The van der Waals surface area contributed by atoms with Gasteiger partial charge in [-0.3, -0.25) is 4.79 Å². The Morgan fingerprint density at radius 1 is 1.06 bits per heavy atom. The number of aryl methyl sites for hydroxylation is 1. The summed E-state index contributed by atoms with van der Waals surface area (Å²) in [7, 11) is 1.60. The van der Waals surface area contributed by atoms with Crippen LogP contribution < -0.4 is 10.1 Å². The van der Waals surface area contributed by atoms with Crippen LogP contribution in [-0.4, -0.2) is 23.8 Å². The largest absolute Gasteiger partial charge is 0.496 e. The molecule has 3 aromatic carbocycles. The minimum atomic E-state index is -0.206. The topological polar surface area (TPSA) is 75.0 Å². The highest BCUT2D eigenvalue weighted by Gasteiger charge is 2.19. The van der Waals surface area contributed by atoms with Gasteiger partial charge >= 0.3 is 0 Å². The predicted octanol–water partition coefficient (Wildman–Crippen LogP) is 6.99. The summed E-state index contributed by atoms with van der Waals surface area (Å²) in [5.41, 5.74) is 5.31. The van der Waals surface area contributed by atoms with Crippen molar-refractivity contribution < 1.29 is 9.53 Å². The van der Waals surface area contributed by atoms with Gasteiger partial charge in [0, 0.05) is 27.4 Å². The highest BCUT2D eigenvalue weighted by atomic mass is 35.5. The van der Waals surface area contributed by atoms with Gasteiger partial charge in [-0.2, -0.15) is 5.26 Å². The van der Waals surface area contributed by atoms with E-state index < -0.39 is 0 Å². The summed E-state index contributed by atoms with van der Waals surface area (Å²) in [4.78, 5) is 17.4. The zero-order valence-corrected chi connectivity index (χ0v) is 20.8. The number of rotatable bonds is 7. The molecule has 1 heterocycles. The van der Waals surface area contributed by atoms with E-state index in [0.29, 0.717) is 38.3 Å². The molecule has 174 valence electrons. The smallest absolute Gasteiger partial charge is 0.234 e. The summed E-state index contributed by atoms with van der Waals surface area (Å²) >= 11 is 7.14. The zero-order valence-electron chi connectivity index (χ0n) is 19.2. The molecule has 0 aliphatic rings. The van der Waals surface area contributed by atoms with Crippen LogP contribution in [0.4, 0.5) is 5.69 Å². The van der Waals surface area contributed by atoms with Crippen LogP contribution in [0.15, 0.2) is 83.9 Å². The van der Waals surface area contributed by atoms with Crippen molar-refractivity contribution in [3.8, 4) is 34.2 Å². The number of benzene rings is 3. The minimum Gasteiger partial charge on any atom is -0.496 e. The number of anilines is 1. The number of nitriles is 1. The molecule has 0 fully saturated rings. The van der Waals surface area contributed by atoms with Gasteiger partial charge in [-0.05, 0) is 43.3 Å². The molecule has 0 radical (unpaired) electrons. The molecule has 4 rings (SSSR count). The number of thioether (sulfide) groups is 1. The van der Waals surface area contributed by atoms with E-state index >= 15 is 0 Å². The Labute approximate surface area is 213 Å². The monoisotopic (exact) mass is 499 g/mol. The highest BCUT2D eigenvalue weighted by Crippen LogP contribution is 2.38. The van der Waals surface area contributed by atoms with Crippen molar-refractivity contribution in [2.75, 3.05) is 18.2 Å². The molecule has 0 bridgehead atoms. The first-order valence-corrected chi connectivity index (χ1v) is 12.2. The Morgan fingerprint density at radius 3 is 2.46 bits per heavy atom. The molecule has 1 aromatic heterocycles. The first-order valence-electron chi connectivity index (χ1n) is 10.8. The molecule has 1 N–H and O–H groups in total. The number of nitrogens with one attached hydrogen (secondary N) is 1. The van der Waals surface area contributed by atoms with Crippen LogP contribution >= 0.6 is 23.4 Å². The Morgan fingerprint density at radius 2 is 1.77 bits per heavy atom. The number of carbonyl (C=O) groups is 1. The number of hydrogen-bond donors (Lipinski definition) is 1. The molecule has 0 spiro atoms. The zero-order chi connectivity index (χ0) is 24.8. The van der Waals surface area contributed by atoms with E-state index in [-0.39, 0.29) is 11.7 Å². The molecular weight excluding hydrogens is 478 g/mol. The molecule has 0 aliphatic heterocycles. The molecule has 5 nitrogen and oxygen atoms in total. The van der Waals surface area contributed by atoms with Crippen molar-refractivity contribution in [2.45, 2.75) is 11.9 Å². The van der Waals surface area contributed by atoms with E-state index in [1.165, 1.54) is 11.8 Å². The maximum Gasteiger partial charge on any atom is 0.234 e. The third-order valence-corrected chi connectivity index (χ3v) is 6.54. The summed E-state index contributed by atoms with van der Waals surface area (Å²) in [6.45, 7) is 2.02. The number of carbonyl (C=O) groups excluding carboxylic acids is 1. The maximum absolute atomic E-state index is 12.6. The van der Waals surface area contributed by atoms with Crippen LogP contribution in [0.5, 0.6) is 5.75 Å². The molecule has 0 unspecified atom stereocenters. The lowest BCUT2D eigenvalue weighted by molar-refractivity contribution is -0.113. The molecule has 0 saturated heterocycles.